The normalized spacial score (nSPS) is 11.5. The van der Waals surface area contributed by atoms with Gasteiger partial charge in [-0.15, -0.1) is 0 Å². The summed E-state index contributed by atoms with van der Waals surface area (Å²) < 4.78 is 44.8. The monoisotopic (exact) mass is 389 g/mol. The van der Waals surface area contributed by atoms with E-state index in [2.05, 4.69) is 10.4 Å². The Labute approximate surface area is 154 Å². The second kappa shape index (κ2) is 7.99. The van der Waals surface area contributed by atoms with Gasteiger partial charge in [0, 0.05) is 24.2 Å². The van der Waals surface area contributed by atoms with E-state index in [1.54, 1.807) is 25.1 Å². The number of amides is 1. The van der Waals surface area contributed by atoms with Crippen LogP contribution in [0.3, 0.4) is 0 Å². The van der Waals surface area contributed by atoms with E-state index in [0.717, 1.165) is 5.56 Å². The number of hydrogen-bond donors (Lipinski definition) is 1. The summed E-state index contributed by atoms with van der Waals surface area (Å²) in [5.74, 6) is 0.340. The number of carbonyl (C=O) groups excluding carboxylic acids is 1. The van der Waals surface area contributed by atoms with Gasteiger partial charge in [-0.05, 0) is 32.4 Å². The first-order valence-corrected chi connectivity index (χ1v) is 8.26. The molecule has 0 atom stereocenters. The molecule has 9 heteroatoms. The minimum absolute atomic E-state index is 0.207. The van der Waals surface area contributed by atoms with Crippen LogP contribution < -0.4 is 10.1 Å². The van der Waals surface area contributed by atoms with Crippen LogP contribution in [0.5, 0.6) is 5.75 Å². The Morgan fingerprint density at radius 3 is 2.62 bits per heavy atom. The van der Waals surface area contributed by atoms with Gasteiger partial charge in [-0.3, -0.25) is 9.48 Å². The number of nitrogens with one attached hydrogen (secondary N) is 1. The molecule has 0 bridgehead atoms. The Balaban J connectivity index is 1.95. The number of nitrogens with zero attached hydrogens (tertiary/aromatic N) is 2. The Kier molecular flexibility index (Phi) is 6.17. The quantitative estimate of drug-likeness (QED) is 0.760. The molecular formula is C17H19ClF3N3O2. The minimum atomic E-state index is -4.59. The lowest BCUT2D eigenvalue weighted by Crippen LogP contribution is -2.26. The Morgan fingerprint density at radius 1 is 1.35 bits per heavy atom. The SMILES string of the molecule is COc1cccc(C(=O)NCCCn2nc(C(F)(F)F)c(Cl)c2C)c1C. The fourth-order valence-corrected chi connectivity index (χ4v) is 2.77. The molecule has 0 radical (unpaired) electrons. The summed E-state index contributed by atoms with van der Waals surface area (Å²) in [4.78, 5) is 12.2. The molecule has 0 fully saturated rings. The zero-order valence-corrected chi connectivity index (χ0v) is 15.3. The number of methoxy groups -OCH3 is 1. The third-order valence-corrected chi connectivity index (χ3v) is 4.44. The van der Waals surface area contributed by atoms with E-state index in [4.69, 9.17) is 16.3 Å². The van der Waals surface area contributed by atoms with Crippen molar-refractivity contribution in [2.45, 2.75) is 33.0 Å². The number of carbonyl (C=O) groups is 1. The summed E-state index contributed by atoms with van der Waals surface area (Å²) in [7, 11) is 1.52. The molecule has 0 unspecified atom stereocenters. The fourth-order valence-electron chi connectivity index (χ4n) is 2.53. The molecule has 1 aromatic heterocycles. The van der Waals surface area contributed by atoms with Gasteiger partial charge in [-0.1, -0.05) is 17.7 Å². The molecule has 0 spiro atoms. The number of ether oxygens (including phenoxy) is 1. The van der Waals surface area contributed by atoms with E-state index < -0.39 is 16.9 Å². The number of rotatable bonds is 6. The molecule has 2 aromatic rings. The predicted molar refractivity (Wildman–Crippen MR) is 91.7 cm³/mol. The maximum Gasteiger partial charge on any atom is 0.436 e. The molecule has 0 aliphatic carbocycles. The second-order valence-corrected chi connectivity index (χ2v) is 6.09. The molecule has 1 heterocycles. The van der Waals surface area contributed by atoms with Crippen LogP contribution in [0.15, 0.2) is 18.2 Å². The smallest absolute Gasteiger partial charge is 0.436 e. The van der Waals surface area contributed by atoms with Crippen molar-refractivity contribution in [2.75, 3.05) is 13.7 Å². The van der Waals surface area contributed by atoms with Crippen molar-refractivity contribution in [3.05, 3.63) is 45.7 Å². The van der Waals surface area contributed by atoms with Crippen LogP contribution in [-0.4, -0.2) is 29.3 Å². The van der Waals surface area contributed by atoms with Crippen molar-refractivity contribution >= 4 is 17.5 Å². The van der Waals surface area contributed by atoms with E-state index in [9.17, 15) is 18.0 Å². The van der Waals surface area contributed by atoms with E-state index in [-0.39, 0.29) is 24.7 Å². The number of aromatic nitrogens is 2. The first kappa shape index (κ1) is 20.1. The summed E-state index contributed by atoms with van der Waals surface area (Å²) in [6.07, 6.45) is -4.18. The van der Waals surface area contributed by atoms with Gasteiger partial charge in [0.1, 0.15) is 5.75 Å². The summed E-state index contributed by atoms with van der Waals surface area (Å²) in [6.45, 7) is 3.75. The van der Waals surface area contributed by atoms with Crippen molar-refractivity contribution in [3.63, 3.8) is 0 Å². The molecule has 0 saturated heterocycles. The third-order valence-electron chi connectivity index (χ3n) is 3.98. The number of hydrogen-bond acceptors (Lipinski definition) is 3. The molecular weight excluding hydrogens is 371 g/mol. The zero-order valence-electron chi connectivity index (χ0n) is 14.6. The van der Waals surface area contributed by atoms with E-state index in [0.29, 0.717) is 17.7 Å². The lowest BCUT2D eigenvalue weighted by Gasteiger charge is -2.11. The van der Waals surface area contributed by atoms with E-state index >= 15 is 0 Å². The highest BCUT2D eigenvalue weighted by Gasteiger charge is 2.38. The van der Waals surface area contributed by atoms with Gasteiger partial charge < -0.3 is 10.1 Å². The molecule has 26 heavy (non-hydrogen) atoms. The molecule has 0 aliphatic rings. The largest absolute Gasteiger partial charge is 0.496 e. The van der Waals surface area contributed by atoms with Gasteiger partial charge in [-0.25, -0.2) is 0 Å². The van der Waals surface area contributed by atoms with Crippen molar-refractivity contribution in [3.8, 4) is 5.75 Å². The topological polar surface area (TPSA) is 56.1 Å². The Morgan fingerprint density at radius 2 is 2.04 bits per heavy atom. The van der Waals surface area contributed by atoms with E-state index in [1.165, 1.54) is 18.7 Å². The highest BCUT2D eigenvalue weighted by atomic mass is 35.5. The number of aryl methyl sites for hydroxylation is 1. The standard InChI is InChI=1S/C17H19ClF3N3O2/c1-10-12(6-4-7-13(10)26-3)16(25)22-8-5-9-24-11(2)14(18)15(23-24)17(19,20)21/h4,6-7H,5,8-9H2,1-3H3,(H,22,25). The first-order valence-electron chi connectivity index (χ1n) is 7.88. The van der Waals surface area contributed by atoms with Crippen LogP contribution in [0.1, 0.15) is 33.7 Å². The predicted octanol–water partition coefficient (Wildman–Crippen LogP) is 4.00. The van der Waals surface area contributed by atoms with Gasteiger partial charge in [0.2, 0.25) is 0 Å². The molecule has 2 rings (SSSR count). The van der Waals surface area contributed by atoms with Gasteiger partial charge in [0.25, 0.3) is 5.91 Å². The lowest BCUT2D eigenvalue weighted by atomic mass is 10.1. The average Bonchev–Trinajstić information content (AvgIpc) is 2.87. The zero-order chi connectivity index (χ0) is 19.5. The third kappa shape index (κ3) is 4.30. The Bertz CT molecular complexity index is 803. The van der Waals surface area contributed by atoms with Crippen LogP contribution in [0.2, 0.25) is 5.02 Å². The molecule has 1 N–H and O–H groups in total. The highest BCUT2D eigenvalue weighted by molar-refractivity contribution is 6.31. The van der Waals surface area contributed by atoms with Crippen LogP contribution in [0.25, 0.3) is 0 Å². The number of alkyl halides is 3. The molecule has 0 aliphatic heterocycles. The van der Waals surface area contributed by atoms with Gasteiger partial charge in [-0.2, -0.15) is 18.3 Å². The maximum absolute atomic E-state index is 12.8. The van der Waals surface area contributed by atoms with Gasteiger partial charge in [0.15, 0.2) is 5.69 Å². The summed E-state index contributed by atoms with van der Waals surface area (Å²) >= 11 is 5.70. The average molecular weight is 390 g/mol. The summed E-state index contributed by atoms with van der Waals surface area (Å²) in [6, 6.07) is 5.16. The fraction of sp³-hybridized carbons (Fsp3) is 0.412. The molecule has 0 saturated carbocycles. The summed E-state index contributed by atoms with van der Waals surface area (Å²) in [5, 5.41) is 5.87. The number of benzene rings is 1. The van der Waals surface area contributed by atoms with Gasteiger partial charge >= 0.3 is 6.18 Å². The highest BCUT2D eigenvalue weighted by Crippen LogP contribution is 2.35. The van der Waals surface area contributed by atoms with Crippen LogP contribution in [0, 0.1) is 13.8 Å². The van der Waals surface area contributed by atoms with Crippen LogP contribution >= 0.6 is 11.6 Å². The van der Waals surface area contributed by atoms with Crippen molar-refractivity contribution in [1.29, 1.82) is 0 Å². The Hall–Kier alpha value is -2.22. The second-order valence-electron chi connectivity index (χ2n) is 5.71. The van der Waals surface area contributed by atoms with Crippen molar-refractivity contribution < 1.29 is 22.7 Å². The van der Waals surface area contributed by atoms with Crippen LogP contribution in [-0.2, 0) is 12.7 Å². The molecule has 142 valence electrons. The lowest BCUT2D eigenvalue weighted by molar-refractivity contribution is -0.141. The van der Waals surface area contributed by atoms with Gasteiger partial charge in [0.05, 0.1) is 17.8 Å². The minimum Gasteiger partial charge on any atom is -0.496 e. The molecule has 5 nitrogen and oxygen atoms in total. The maximum atomic E-state index is 12.8. The molecule has 1 amide bonds. The molecule has 1 aromatic carbocycles. The number of halogens is 4. The van der Waals surface area contributed by atoms with Crippen molar-refractivity contribution in [1.82, 2.24) is 15.1 Å². The van der Waals surface area contributed by atoms with Crippen molar-refractivity contribution in [2.24, 2.45) is 0 Å². The van der Waals surface area contributed by atoms with E-state index in [1.807, 2.05) is 0 Å². The van der Waals surface area contributed by atoms with Crippen LogP contribution in [0.4, 0.5) is 13.2 Å². The summed E-state index contributed by atoms with van der Waals surface area (Å²) in [5.41, 5.74) is 0.362. The first-order chi connectivity index (χ1) is 12.2.